The number of anilines is 5. The van der Waals surface area contributed by atoms with Gasteiger partial charge in [0.25, 0.3) is 0 Å². The van der Waals surface area contributed by atoms with Crippen LogP contribution >= 0.6 is 0 Å². The molecule has 0 saturated carbocycles. The first-order valence-electron chi connectivity index (χ1n) is 24.4. The van der Waals surface area contributed by atoms with E-state index in [1.165, 1.54) is 105 Å². The number of nitrogens with zero attached hydrogens (tertiary/aromatic N) is 1. The van der Waals surface area contributed by atoms with E-state index in [1.807, 2.05) is 0 Å². The highest BCUT2D eigenvalue weighted by atomic mass is 15.2. The molecule has 0 spiro atoms. The Morgan fingerprint density at radius 3 is 1.72 bits per heavy atom. The summed E-state index contributed by atoms with van der Waals surface area (Å²) < 4.78 is 0. The van der Waals surface area contributed by atoms with Crippen molar-refractivity contribution in [2.75, 3.05) is 10.2 Å². The van der Waals surface area contributed by atoms with E-state index in [1.54, 1.807) is 0 Å². The Labute approximate surface area is 407 Å². The summed E-state index contributed by atoms with van der Waals surface area (Å²) in [7, 11) is 0. The lowest BCUT2D eigenvalue weighted by Crippen LogP contribution is -2.30. The highest BCUT2D eigenvalue weighted by molar-refractivity contribution is 5.94. The van der Waals surface area contributed by atoms with Gasteiger partial charge in [0.1, 0.15) is 0 Å². The zero-order valence-corrected chi connectivity index (χ0v) is 40.3. The van der Waals surface area contributed by atoms with E-state index in [0.717, 1.165) is 11.4 Å². The summed E-state index contributed by atoms with van der Waals surface area (Å²) in [6.07, 6.45) is 4.56. The molecule has 0 bridgehead atoms. The highest BCUT2D eigenvalue weighted by Gasteiger charge is 2.38. The Hall–Kier alpha value is -7.94. The first-order valence-corrected chi connectivity index (χ1v) is 24.4. The summed E-state index contributed by atoms with van der Waals surface area (Å²) in [5.74, 6) is 0. The zero-order valence-electron chi connectivity index (χ0n) is 40.3. The fourth-order valence-corrected chi connectivity index (χ4v) is 11.4. The lowest BCUT2D eigenvalue weighted by Gasteiger charge is -2.42. The number of hydrogen-bond donors (Lipinski definition) is 1. The first-order chi connectivity index (χ1) is 33.4. The molecule has 2 heteroatoms. The van der Waals surface area contributed by atoms with Gasteiger partial charge < -0.3 is 10.2 Å². The van der Waals surface area contributed by atoms with Crippen molar-refractivity contribution in [1.82, 2.24) is 0 Å². The van der Waals surface area contributed by atoms with Gasteiger partial charge in [-0.1, -0.05) is 205 Å². The average Bonchev–Trinajstić information content (AvgIpc) is 3.60. The van der Waals surface area contributed by atoms with Crippen LogP contribution in [0.3, 0.4) is 0 Å². The number of fused-ring (bicyclic) bond motifs is 7. The Bertz CT molecular complexity index is 3680. The maximum Gasteiger partial charge on any atom is 0.0503 e. The van der Waals surface area contributed by atoms with Crippen LogP contribution in [-0.4, -0.2) is 0 Å². The van der Waals surface area contributed by atoms with Crippen LogP contribution in [0.15, 0.2) is 212 Å². The quantitative estimate of drug-likeness (QED) is 0.153. The summed E-state index contributed by atoms with van der Waals surface area (Å²) >= 11 is 0. The maximum absolute atomic E-state index is 3.81. The molecule has 0 atom stereocenters. The topological polar surface area (TPSA) is 15.3 Å². The molecule has 0 unspecified atom stereocenters. The Kier molecular flexibility index (Phi) is 9.90. The molecule has 0 radical (unpaired) electrons. The third-order valence-corrected chi connectivity index (χ3v) is 15.5. The molecule has 2 aliphatic rings. The van der Waals surface area contributed by atoms with Crippen LogP contribution in [0.5, 0.6) is 0 Å². The molecule has 10 aromatic carbocycles. The van der Waals surface area contributed by atoms with Crippen LogP contribution in [0.1, 0.15) is 86.1 Å². The normalized spacial score (nSPS) is 14.4. The summed E-state index contributed by atoms with van der Waals surface area (Å²) in [5, 5.41) is 8.77. The minimum absolute atomic E-state index is 0.174. The molecule has 1 N–H and O–H groups in total. The second kappa shape index (κ2) is 16.1. The zero-order chi connectivity index (χ0) is 47.1. The molecule has 0 amide bonds. The average molecular weight is 889 g/mol. The molecule has 1 heterocycles. The van der Waals surface area contributed by atoms with E-state index in [0.29, 0.717) is 0 Å². The van der Waals surface area contributed by atoms with Gasteiger partial charge in [-0.05, 0) is 149 Å². The number of para-hydroxylation sites is 1. The van der Waals surface area contributed by atoms with Crippen LogP contribution in [0.4, 0.5) is 28.4 Å². The van der Waals surface area contributed by atoms with Crippen LogP contribution in [0.2, 0.25) is 0 Å². The van der Waals surface area contributed by atoms with Crippen molar-refractivity contribution in [1.29, 1.82) is 0 Å². The van der Waals surface area contributed by atoms with Crippen LogP contribution in [0.25, 0.3) is 56.0 Å². The van der Waals surface area contributed by atoms with Gasteiger partial charge in [0.15, 0.2) is 0 Å². The largest absolute Gasteiger partial charge is 0.355 e. The lowest BCUT2D eigenvalue weighted by molar-refractivity contribution is 0.632. The van der Waals surface area contributed by atoms with Gasteiger partial charge in [-0.3, -0.25) is 0 Å². The van der Waals surface area contributed by atoms with Gasteiger partial charge in [0.05, 0.1) is 11.4 Å². The third-order valence-electron chi connectivity index (χ3n) is 15.5. The summed E-state index contributed by atoms with van der Waals surface area (Å²) in [5.41, 5.74) is 20.7. The molecule has 1 aliphatic heterocycles. The SMILES string of the molecule is CC(C)(c1ccccc1)c1cc(/C=C/c2ccc3c(c2)C(C)(C)c2cc(-c4ccc5c(c4)C(C)(C)c4ccccc4N5c4ccc5ccccc5c4)ccc2-3)ccc1Nc1ccc2ccccc2c1. The summed E-state index contributed by atoms with van der Waals surface area (Å²) in [6, 6.07) is 78.6. The number of nitrogens with one attached hydrogen (secondary N) is 1. The molecule has 69 heavy (non-hydrogen) atoms. The van der Waals surface area contributed by atoms with Gasteiger partial charge in [-0.25, -0.2) is 0 Å². The fourth-order valence-electron chi connectivity index (χ4n) is 11.4. The third kappa shape index (κ3) is 7.17. The van der Waals surface area contributed by atoms with Crippen LogP contribution < -0.4 is 10.2 Å². The standard InChI is InChI=1S/C67H56N2/c1-65(2,52-20-8-7-9-21-52)60-39-45(27-36-62(60)68-53-32-28-46-16-10-12-18-48(46)40-53)25-24-44-26-34-55-56-35-30-50(42-59(56)67(5,6)58(55)38-44)51-31-37-64-61(43-51)66(3,4)57-22-14-15-23-63(57)69(64)54-33-29-47-17-11-13-19-49(47)41-54/h7-43,68H,1-6H3/b25-24+. The number of hydrogen-bond acceptors (Lipinski definition) is 2. The van der Waals surface area contributed by atoms with E-state index in [9.17, 15) is 0 Å². The maximum atomic E-state index is 3.81. The number of rotatable bonds is 8. The van der Waals surface area contributed by atoms with Crippen LogP contribution in [-0.2, 0) is 16.2 Å². The molecule has 12 rings (SSSR count). The molecule has 0 saturated heterocycles. The van der Waals surface area contributed by atoms with Gasteiger partial charge in [-0.2, -0.15) is 0 Å². The highest BCUT2D eigenvalue weighted by Crippen LogP contribution is 2.54. The minimum Gasteiger partial charge on any atom is -0.355 e. The van der Waals surface area contributed by atoms with Gasteiger partial charge in [-0.15, -0.1) is 0 Å². The second-order valence-electron chi connectivity index (χ2n) is 20.7. The first kappa shape index (κ1) is 42.4. The van der Waals surface area contributed by atoms with Crippen molar-refractivity contribution in [3.63, 3.8) is 0 Å². The van der Waals surface area contributed by atoms with Crippen molar-refractivity contribution < 1.29 is 0 Å². The van der Waals surface area contributed by atoms with Crippen molar-refractivity contribution in [2.45, 2.75) is 57.8 Å². The van der Waals surface area contributed by atoms with Crippen molar-refractivity contribution in [3.05, 3.63) is 257 Å². The molecule has 10 aromatic rings. The van der Waals surface area contributed by atoms with Crippen molar-refractivity contribution in [2.24, 2.45) is 0 Å². The van der Waals surface area contributed by atoms with E-state index < -0.39 is 0 Å². The summed E-state index contributed by atoms with van der Waals surface area (Å²) in [4.78, 5) is 2.46. The minimum atomic E-state index is -0.245. The van der Waals surface area contributed by atoms with Gasteiger partial charge in [0, 0.05) is 33.3 Å². The van der Waals surface area contributed by atoms with Crippen LogP contribution in [0, 0.1) is 0 Å². The second-order valence-corrected chi connectivity index (χ2v) is 20.7. The van der Waals surface area contributed by atoms with E-state index in [-0.39, 0.29) is 16.2 Å². The molecular weight excluding hydrogens is 833 g/mol. The Morgan fingerprint density at radius 2 is 0.971 bits per heavy atom. The monoisotopic (exact) mass is 888 g/mol. The molecule has 1 aliphatic carbocycles. The molecular formula is C67H56N2. The predicted molar refractivity (Wildman–Crippen MR) is 295 cm³/mol. The van der Waals surface area contributed by atoms with Crippen molar-refractivity contribution in [3.8, 4) is 22.3 Å². The smallest absolute Gasteiger partial charge is 0.0503 e. The molecule has 0 fully saturated rings. The Balaban J connectivity index is 0.859. The predicted octanol–water partition coefficient (Wildman–Crippen LogP) is 18.3. The Morgan fingerprint density at radius 1 is 0.420 bits per heavy atom. The van der Waals surface area contributed by atoms with E-state index in [4.69, 9.17) is 0 Å². The fraction of sp³-hybridized carbons (Fsp3) is 0.134. The van der Waals surface area contributed by atoms with Gasteiger partial charge >= 0.3 is 0 Å². The molecule has 2 nitrogen and oxygen atoms in total. The van der Waals surface area contributed by atoms with E-state index >= 15 is 0 Å². The molecule has 0 aromatic heterocycles. The van der Waals surface area contributed by atoms with E-state index in [2.05, 4.69) is 276 Å². The van der Waals surface area contributed by atoms with Gasteiger partial charge in [0.2, 0.25) is 0 Å². The molecule has 334 valence electrons. The summed E-state index contributed by atoms with van der Waals surface area (Å²) in [6.45, 7) is 14.2. The number of benzene rings is 10. The lowest BCUT2D eigenvalue weighted by atomic mass is 9.72. The van der Waals surface area contributed by atoms with Crippen molar-refractivity contribution >= 4 is 62.1 Å².